The van der Waals surface area contributed by atoms with Gasteiger partial charge in [-0.25, -0.2) is 9.79 Å². The van der Waals surface area contributed by atoms with Gasteiger partial charge in [-0.3, -0.25) is 4.79 Å². The molecule has 2 aliphatic rings. The molecule has 28 heavy (non-hydrogen) atoms. The third-order valence-corrected chi connectivity index (χ3v) is 6.39. The van der Waals surface area contributed by atoms with Gasteiger partial charge in [0.05, 0.1) is 30.3 Å². The summed E-state index contributed by atoms with van der Waals surface area (Å²) in [6.45, 7) is 9.26. The van der Waals surface area contributed by atoms with Crippen LogP contribution in [0.1, 0.15) is 45.7 Å². The van der Waals surface area contributed by atoms with Crippen molar-refractivity contribution in [1.29, 1.82) is 0 Å². The molecule has 1 atom stereocenters. The van der Waals surface area contributed by atoms with Crippen LogP contribution in [0.4, 0.5) is 0 Å². The van der Waals surface area contributed by atoms with Crippen LogP contribution in [0.5, 0.6) is 0 Å². The Labute approximate surface area is 173 Å². The van der Waals surface area contributed by atoms with Crippen LogP contribution >= 0.6 is 23.1 Å². The molecule has 0 saturated carbocycles. The van der Waals surface area contributed by atoms with E-state index in [1.165, 1.54) is 11.8 Å². The molecule has 1 unspecified atom stereocenters. The van der Waals surface area contributed by atoms with Gasteiger partial charge >= 0.3 is 5.97 Å². The van der Waals surface area contributed by atoms with E-state index >= 15 is 0 Å². The third-order valence-electron chi connectivity index (χ3n) is 4.80. The minimum Gasteiger partial charge on any atom is -0.463 e. The molecule has 0 aliphatic carbocycles. The first-order valence-electron chi connectivity index (χ1n) is 9.43. The number of nitrogens with zero attached hydrogens (tertiary/aromatic N) is 3. The lowest BCUT2D eigenvalue weighted by atomic mass is 9.96. The second kappa shape index (κ2) is 8.96. The van der Waals surface area contributed by atoms with Crippen LogP contribution in [0.15, 0.2) is 44.2 Å². The van der Waals surface area contributed by atoms with Crippen molar-refractivity contribution in [2.75, 3.05) is 19.7 Å². The van der Waals surface area contributed by atoms with Crippen LogP contribution in [-0.4, -0.2) is 46.5 Å². The van der Waals surface area contributed by atoms with Crippen LogP contribution in [0.3, 0.4) is 0 Å². The predicted octanol–water partition coefficient (Wildman–Crippen LogP) is 4.14. The molecule has 8 heteroatoms. The molecule has 0 fully saturated rings. The lowest BCUT2D eigenvalue weighted by Gasteiger charge is -2.36. The zero-order chi connectivity index (χ0) is 20.3. The van der Waals surface area contributed by atoms with E-state index in [1.807, 2.05) is 52.8 Å². The molecule has 0 N–H and O–H groups in total. The van der Waals surface area contributed by atoms with Crippen molar-refractivity contribution < 1.29 is 14.3 Å². The average Bonchev–Trinajstić information content (AvgIpc) is 3.32. The number of rotatable bonds is 7. The molecule has 0 bridgehead atoms. The van der Waals surface area contributed by atoms with Crippen molar-refractivity contribution in [1.82, 2.24) is 9.80 Å². The molecule has 1 aromatic heterocycles. The maximum absolute atomic E-state index is 12.8. The molecule has 0 radical (unpaired) electrons. The standard InChI is InChI=1S/C20H25N3O3S2/c1-5-22(6-2)16(24)10-15-12-28-20-21-13(4)17(19(25)26-7-3)18(23(15)20)14-8-9-27-11-14/h8-9,11-12,18H,5-7,10H2,1-4H3. The second-order valence-corrected chi connectivity index (χ2v) is 8.03. The van der Waals surface area contributed by atoms with Crippen molar-refractivity contribution in [3.05, 3.63) is 44.8 Å². The molecule has 1 amide bonds. The number of carbonyl (C=O) groups is 2. The van der Waals surface area contributed by atoms with E-state index in [-0.39, 0.29) is 24.3 Å². The fraction of sp³-hybridized carbons (Fsp3) is 0.450. The highest BCUT2D eigenvalue weighted by Gasteiger charge is 2.41. The molecular weight excluding hydrogens is 394 g/mol. The summed E-state index contributed by atoms with van der Waals surface area (Å²) in [5.74, 6) is -0.281. The van der Waals surface area contributed by atoms with Crippen LogP contribution in [-0.2, 0) is 14.3 Å². The predicted molar refractivity (Wildman–Crippen MR) is 114 cm³/mol. The fourth-order valence-corrected chi connectivity index (χ4v) is 5.07. The number of hydrogen-bond donors (Lipinski definition) is 0. The van der Waals surface area contributed by atoms with E-state index in [4.69, 9.17) is 4.74 Å². The summed E-state index contributed by atoms with van der Waals surface area (Å²) in [6.07, 6.45) is 0.281. The van der Waals surface area contributed by atoms with Gasteiger partial charge in [0.25, 0.3) is 0 Å². The van der Waals surface area contributed by atoms with Gasteiger partial charge in [-0.1, -0.05) is 11.8 Å². The van der Waals surface area contributed by atoms with Crippen molar-refractivity contribution in [2.24, 2.45) is 4.99 Å². The first kappa shape index (κ1) is 20.7. The molecule has 0 spiro atoms. The first-order valence-corrected chi connectivity index (χ1v) is 11.2. The Morgan fingerprint density at radius 3 is 2.64 bits per heavy atom. The summed E-state index contributed by atoms with van der Waals surface area (Å²) in [4.78, 5) is 34.0. The van der Waals surface area contributed by atoms with E-state index in [0.717, 1.165) is 16.4 Å². The highest BCUT2D eigenvalue weighted by molar-refractivity contribution is 8.16. The lowest BCUT2D eigenvalue weighted by molar-refractivity contribution is -0.139. The highest BCUT2D eigenvalue weighted by atomic mass is 32.2. The first-order chi connectivity index (χ1) is 13.5. The lowest BCUT2D eigenvalue weighted by Crippen LogP contribution is -2.38. The van der Waals surface area contributed by atoms with Gasteiger partial charge in [0.2, 0.25) is 5.91 Å². The minimum absolute atomic E-state index is 0.0751. The summed E-state index contributed by atoms with van der Waals surface area (Å²) in [5.41, 5.74) is 3.07. The Morgan fingerprint density at radius 1 is 1.29 bits per heavy atom. The largest absolute Gasteiger partial charge is 0.463 e. The Morgan fingerprint density at radius 2 is 2.04 bits per heavy atom. The number of thioether (sulfide) groups is 1. The Bertz CT molecular complexity index is 839. The fourth-order valence-electron chi connectivity index (χ4n) is 3.43. The van der Waals surface area contributed by atoms with Crippen molar-refractivity contribution in [3.63, 3.8) is 0 Å². The number of thiophene rings is 1. The van der Waals surface area contributed by atoms with E-state index in [9.17, 15) is 9.59 Å². The molecule has 2 aliphatic heterocycles. The number of esters is 1. The van der Waals surface area contributed by atoms with Gasteiger partial charge in [0.15, 0.2) is 5.17 Å². The molecular formula is C20H25N3O3S2. The van der Waals surface area contributed by atoms with Crippen LogP contribution in [0, 0.1) is 0 Å². The number of hydrogen-bond acceptors (Lipinski definition) is 7. The van der Waals surface area contributed by atoms with Gasteiger partial charge in [-0.15, -0.1) is 0 Å². The summed E-state index contributed by atoms with van der Waals surface area (Å²) in [6, 6.07) is 1.68. The quantitative estimate of drug-likeness (QED) is 0.622. The van der Waals surface area contributed by atoms with E-state index in [0.29, 0.717) is 31.0 Å². The Balaban J connectivity index is 1.98. The van der Waals surface area contributed by atoms with Gasteiger partial charge in [0.1, 0.15) is 0 Å². The number of amidine groups is 1. The van der Waals surface area contributed by atoms with Gasteiger partial charge in [-0.05, 0) is 55.5 Å². The number of allylic oxidation sites excluding steroid dienone is 1. The number of aliphatic imine (C=N–C) groups is 1. The smallest absolute Gasteiger partial charge is 0.338 e. The summed E-state index contributed by atoms with van der Waals surface area (Å²) in [7, 11) is 0. The van der Waals surface area contributed by atoms with E-state index in [2.05, 4.69) is 4.99 Å². The van der Waals surface area contributed by atoms with Crippen molar-refractivity contribution >= 4 is 40.1 Å². The maximum atomic E-state index is 12.8. The highest BCUT2D eigenvalue weighted by Crippen LogP contribution is 2.45. The number of carbonyl (C=O) groups excluding carboxylic acids is 2. The van der Waals surface area contributed by atoms with Gasteiger partial charge in [0, 0.05) is 18.8 Å². The topological polar surface area (TPSA) is 62.2 Å². The second-order valence-electron chi connectivity index (χ2n) is 6.41. The molecule has 6 nitrogen and oxygen atoms in total. The SMILES string of the molecule is CCOC(=O)C1=C(C)N=C2SC=C(CC(=O)N(CC)CC)N2C1c1ccsc1. The van der Waals surface area contributed by atoms with Gasteiger partial charge < -0.3 is 14.5 Å². The van der Waals surface area contributed by atoms with Crippen LogP contribution < -0.4 is 0 Å². The summed E-state index contributed by atoms with van der Waals surface area (Å²) in [5, 5.41) is 6.80. The molecule has 0 aromatic carbocycles. The molecule has 0 saturated heterocycles. The maximum Gasteiger partial charge on any atom is 0.338 e. The van der Waals surface area contributed by atoms with Crippen molar-refractivity contribution in [2.45, 2.75) is 40.2 Å². The zero-order valence-corrected chi connectivity index (χ0v) is 18.2. The average molecular weight is 420 g/mol. The minimum atomic E-state index is -0.356. The van der Waals surface area contributed by atoms with Crippen molar-refractivity contribution in [3.8, 4) is 0 Å². The van der Waals surface area contributed by atoms with Crippen LogP contribution in [0.25, 0.3) is 0 Å². The Kier molecular flexibility index (Phi) is 6.61. The normalized spacial score (nSPS) is 18.6. The zero-order valence-electron chi connectivity index (χ0n) is 16.6. The molecule has 3 heterocycles. The van der Waals surface area contributed by atoms with E-state index < -0.39 is 0 Å². The summed E-state index contributed by atoms with van der Waals surface area (Å²) >= 11 is 3.08. The van der Waals surface area contributed by atoms with Gasteiger partial charge in [-0.2, -0.15) is 11.3 Å². The number of amides is 1. The Hall–Kier alpha value is -2.06. The third kappa shape index (κ3) is 3.89. The number of ether oxygens (including phenoxy) is 1. The molecule has 1 aromatic rings. The van der Waals surface area contributed by atoms with E-state index in [1.54, 1.807) is 18.3 Å². The summed E-state index contributed by atoms with van der Waals surface area (Å²) < 4.78 is 5.33. The van der Waals surface area contributed by atoms with Crippen LogP contribution in [0.2, 0.25) is 0 Å². The monoisotopic (exact) mass is 419 g/mol. The molecule has 150 valence electrons. The number of fused-ring (bicyclic) bond motifs is 1. The molecule has 3 rings (SSSR count).